The molecule has 0 spiro atoms. The number of carbonyl (C=O) groups excluding carboxylic acids is 2. The van der Waals surface area contributed by atoms with Crippen LogP contribution in [0.2, 0.25) is 0 Å². The van der Waals surface area contributed by atoms with E-state index >= 15 is 0 Å². The first-order valence-corrected chi connectivity index (χ1v) is 7.68. The third-order valence-corrected chi connectivity index (χ3v) is 4.02. The molecule has 0 bridgehead atoms. The summed E-state index contributed by atoms with van der Waals surface area (Å²) in [7, 11) is 1.16. The van der Waals surface area contributed by atoms with Crippen molar-refractivity contribution in [2.24, 2.45) is 5.84 Å². The van der Waals surface area contributed by atoms with Crippen LogP contribution in [0.3, 0.4) is 0 Å². The molecule has 2 atom stereocenters. The number of nitrogens with two attached hydrogens (primary N) is 1. The van der Waals surface area contributed by atoms with Gasteiger partial charge < -0.3 is 19.7 Å². The van der Waals surface area contributed by atoms with Crippen molar-refractivity contribution in [2.75, 3.05) is 7.11 Å². The minimum Gasteiger partial charge on any atom is -0.504 e. The molecular formula is C18H20N2O6. The Balaban J connectivity index is 2.51. The predicted molar refractivity (Wildman–Crippen MR) is 92.3 cm³/mol. The molecule has 0 radical (unpaired) electrons. The van der Waals surface area contributed by atoms with Crippen LogP contribution in [0.5, 0.6) is 17.2 Å². The number of hydrogen-bond donors (Lipinski definition) is 4. The second kappa shape index (κ2) is 7.85. The summed E-state index contributed by atoms with van der Waals surface area (Å²) < 4.78 is 10.1. The Morgan fingerprint density at radius 2 is 1.77 bits per heavy atom. The first kappa shape index (κ1) is 19.2. The van der Waals surface area contributed by atoms with Crippen LogP contribution < -0.4 is 16.0 Å². The number of esters is 2. The Morgan fingerprint density at radius 1 is 1.12 bits per heavy atom. The summed E-state index contributed by atoms with van der Waals surface area (Å²) in [6.45, 7) is 1.37. The molecule has 2 aromatic carbocycles. The highest BCUT2D eigenvalue weighted by Gasteiger charge is 2.48. The Morgan fingerprint density at radius 3 is 2.31 bits per heavy atom. The Bertz CT molecular complexity index is 796. The van der Waals surface area contributed by atoms with E-state index in [1.165, 1.54) is 19.1 Å². The molecule has 0 aromatic heterocycles. The Hall–Kier alpha value is -3.10. The molecule has 2 aromatic rings. The van der Waals surface area contributed by atoms with Crippen molar-refractivity contribution >= 4 is 11.9 Å². The number of aromatic hydroxyl groups is 2. The highest BCUT2D eigenvalue weighted by Crippen LogP contribution is 2.35. The minimum atomic E-state index is -1.69. The highest BCUT2D eigenvalue weighted by atomic mass is 16.5. The van der Waals surface area contributed by atoms with Crippen molar-refractivity contribution < 1.29 is 29.3 Å². The first-order chi connectivity index (χ1) is 12.3. The van der Waals surface area contributed by atoms with E-state index in [-0.39, 0.29) is 17.1 Å². The number of nitrogens with one attached hydrogen (secondary N) is 1. The molecule has 26 heavy (non-hydrogen) atoms. The summed E-state index contributed by atoms with van der Waals surface area (Å²) in [5.74, 6) is 2.12. The summed E-state index contributed by atoms with van der Waals surface area (Å²) in [5, 5.41) is 19.3. The first-order valence-electron chi connectivity index (χ1n) is 7.68. The number of ether oxygens (including phenoxy) is 2. The molecular weight excluding hydrogens is 340 g/mol. The summed E-state index contributed by atoms with van der Waals surface area (Å²) in [6.07, 6.45) is 0. The summed E-state index contributed by atoms with van der Waals surface area (Å²) in [6, 6.07) is 12.0. The zero-order chi connectivity index (χ0) is 19.3. The standard InChI is InChI=1S/C18H20N2O6/c1-18(20-19,17(24)25-2)15(11-8-9-13(21)14(22)10-11)16(23)26-12-6-4-3-5-7-12/h3-10,15,20-22H,19H2,1-2H3/t15?,18-/m0/s1. The number of phenols is 2. The van der Waals surface area contributed by atoms with Gasteiger partial charge in [-0.2, -0.15) is 0 Å². The third-order valence-electron chi connectivity index (χ3n) is 4.02. The van der Waals surface area contributed by atoms with E-state index in [0.29, 0.717) is 0 Å². The zero-order valence-corrected chi connectivity index (χ0v) is 14.3. The van der Waals surface area contributed by atoms with Crippen molar-refractivity contribution in [3.8, 4) is 17.2 Å². The number of benzene rings is 2. The fourth-order valence-electron chi connectivity index (χ4n) is 2.56. The second-order valence-electron chi connectivity index (χ2n) is 5.75. The van der Waals surface area contributed by atoms with E-state index in [0.717, 1.165) is 13.2 Å². The predicted octanol–water partition coefficient (Wildman–Crippen LogP) is 1.18. The van der Waals surface area contributed by atoms with E-state index < -0.39 is 29.1 Å². The molecule has 8 nitrogen and oxygen atoms in total. The number of para-hydroxylation sites is 1. The Labute approximate surface area is 150 Å². The van der Waals surface area contributed by atoms with Crippen molar-refractivity contribution in [1.29, 1.82) is 0 Å². The number of hydrogen-bond acceptors (Lipinski definition) is 8. The molecule has 0 amide bonds. The Kier molecular flexibility index (Phi) is 5.81. The van der Waals surface area contributed by atoms with Gasteiger partial charge in [-0.25, -0.2) is 10.2 Å². The number of carbonyl (C=O) groups is 2. The second-order valence-corrected chi connectivity index (χ2v) is 5.75. The van der Waals surface area contributed by atoms with Gasteiger partial charge in [0.05, 0.1) is 7.11 Å². The lowest BCUT2D eigenvalue weighted by molar-refractivity contribution is -0.154. The molecule has 0 saturated carbocycles. The van der Waals surface area contributed by atoms with Crippen molar-refractivity contribution in [3.63, 3.8) is 0 Å². The average molecular weight is 360 g/mol. The SMILES string of the molecule is COC(=O)[C@@](C)(NN)C(C(=O)Oc1ccccc1)c1ccc(O)c(O)c1. The van der Waals surface area contributed by atoms with Gasteiger partial charge in [0.2, 0.25) is 0 Å². The summed E-state index contributed by atoms with van der Waals surface area (Å²) in [4.78, 5) is 25.2. The molecule has 0 aliphatic heterocycles. The summed E-state index contributed by atoms with van der Waals surface area (Å²) in [5.41, 5.74) is 0.820. The number of methoxy groups -OCH3 is 1. The molecule has 2 rings (SSSR count). The van der Waals surface area contributed by atoms with Gasteiger partial charge in [0.25, 0.3) is 0 Å². The topological polar surface area (TPSA) is 131 Å². The highest BCUT2D eigenvalue weighted by molar-refractivity contribution is 5.93. The quantitative estimate of drug-likeness (QED) is 0.199. The van der Waals surface area contributed by atoms with Crippen LogP contribution in [0.15, 0.2) is 48.5 Å². The van der Waals surface area contributed by atoms with Crippen LogP contribution in [0.1, 0.15) is 18.4 Å². The molecule has 0 fully saturated rings. The number of hydrazine groups is 1. The number of phenolic OH excluding ortho intramolecular Hbond substituents is 2. The van der Waals surface area contributed by atoms with E-state index in [9.17, 15) is 19.8 Å². The van der Waals surface area contributed by atoms with Gasteiger partial charge in [-0.3, -0.25) is 10.6 Å². The van der Waals surface area contributed by atoms with E-state index in [2.05, 4.69) is 5.43 Å². The summed E-state index contributed by atoms with van der Waals surface area (Å²) >= 11 is 0. The van der Waals surface area contributed by atoms with Crippen LogP contribution >= 0.6 is 0 Å². The van der Waals surface area contributed by atoms with E-state index in [1.54, 1.807) is 30.3 Å². The van der Waals surface area contributed by atoms with Crippen LogP contribution in [0.4, 0.5) is 0 Å². The average Bonchev–Trinajstić information content (AvgIpc) is 2.64. The molecule has 8 heteroatoms. The van der Waals surface area contributed by atoms with E-state index in [4.69, 9.17) is 15.3 Å². The normalized spacial score (nSPS) is 14.1. The van der Waals surface area contributed by atoms with Gasteiger partial charge in [0.15, 0.2) is 11.5 Å². The minimum absolute atomic E-state index is 0.201. The maximum atomic E-state index is 12.9. The molecule has 0 aliphatic carbocycles. The van der Waals surface area contributed by atoms with Gasteiger partial charge in [-0.15, -0.1) is 0 Å². The van der Waals surface area contributed by atoms with Crippen molar-refractivity contribution in [2.45, 2.75) is 18.4 Å². The fourth-order valence-corrected chi connectivity index (χ4v) is 2.56. The van der Waals surface area contributed by atoms with Crippen LogP contribution in [-0.4, -0.2) is 34.8 Å². The van der Waals surface area contributed by atoms with Crippen LogP contribution in [-0.2, 0) is 14.3 Å². The van der Waals surface area contributed by atoms with Gasteiger partial charge in [0.1, 0.15) is 17.2 Å². The van der Waals surface area contributed by atoms with Crippen LogP contribution in [0.25, 0.3) is 0 Å². The molecule has 5 N–H and O–H groups in total. The van der Waals surface area contributed by atoms with Gasteiger partial charge >= 0.3 is 11.9 Å². The molecule has 0 heterocycles. The molecule has 138 valence electrons. The third kappa shape index (κ3) is 3.76. The van der Waals surface area contributed by atoms with E-state index in [1.807, 2.05) is 0 Å². The maximum Gasteiger partial charge on any atom is 0.328 e. The van der Waals surface area contributed by atoms with Crippen molar-refractivity contribution in [1.82, 2.24) is 5.43 Å². The van der Waals surface area contributed by atoms with Gasteiger partial charge in [-0.1, -0.05) is 24.3 Å². The number of rotatable bonds is 6. The smallest absolute Gasteiger partial charge is 0.328 e. The molecule has 0 saturated heterocycles. The van der Waals surface area contributed by atoms with Crippen molar-refractivity contribution in [3.05, 3.63) is 54.1 Å². The molecule has 0 aliphatic rings. The largest absolute Gasteiger partial charge is 0.504 e. The van der Waals surface area contributed by atoms with Crippen LogP contribution in [0, 0.1) is 0 Å². The zero-order valence-electron chi connectivity index (χ0n) is 14.3. The molecule has 1 unspecified atom stereocenters. The fraction of sp³-hybridized carbons (Fsp3) is 0.222. The maximum absolute atomic E-state index is 12.9. The van der Waals surface area contributed by atoms with Gasteiger partial charge in [0, 0.05) is 0 Å². The lowest BCUT2D eigenvalue weighted by atomic mass is 9.80. The monoisotopic (exact) mass is 360 g/mol. The van der Waals surface area contributed by atoms with Gasteiger partial charge in [-0.05, 0) is 36.8 Å². The lowest BCUT2D eigenvalue weighted by Gasteiger charge is -2.33. The lowest BCUT2D eigenvalue weighted by Crippen LogP contribution is -2.60.